The van der Waals surface area contributed by atoms with Gasteiger partial charge in [-0.3, -0.25) is 9.56 Å². The number of nitrogens with zero attached hydrogens (tertiary/aromatic N) is 3. The van der Waals surface area contributed by atoms with Crippen LogP contribution in [0.15, 0.2) is 17.4 Å². The number of hydrogen-bond acceptors (Lipinski definition) is 3. The zero-order chi connectivity index (χ0) is 16.7. The summed E-state index contributed by atoms with van der Waals surface area (Å²) in [5.41, 5.74) is 0.259. The zero-order valence-electron chi connectivity index (χ0n) is 13.7. The van der Waals surface area contributed by atoms with Crippen LogP contribution >= 0.6 is 0 Å². The maximum atomic E-state index is 12.8. The minimum atomic E-state index is -2.59. The molecule has 1 heterocycles. The summed E-state index contributed by atoms with van der Waals surface area (Å²) >= 11 is 0. The van der Waals surface area contributed by atoms with Gasteiger partial charge in [-0.2, -0.15) is 8.78 Å². The molecular formula is C15H25F2N5O. The lowest BCUT2D eigenvalue weighted by atomic mass is 9.67. The van der Waals surface area contributed by atoms with Crippen LogP contribution < -0.4 is 10.6 Å². The number of methoxy groups -OCH3 is 1. The van der Waals surface area contributed by atoms with Gasteiger partial charge in [0, 0.05) is 39.7 Å². The van der Waals surface area contributed by atoms with Gasteiger partial charge < -0.3 is 15.4 Å². The van der Waals surface area contributed by atoms with Crippen molar-refractivity contribution < 1.29 is 13.5 Å². The Labute approximate surface area is 135 Å². The van der Waals surface area contributed by atoms with Gasteiger partial charge in [-0.15, -0.1) is 0 Å². The smallest absolute Gasteiger partial charge is 0.319 e. The molecule has 0 spiro atoms. The summed E-state index contributed by atoms with van der Waals surface area (Å²) in [7, 11) is 3.38. The molecule has 0 amide bonds. The van der Waals surface area contributed by atoms with Gasteiger partial charge in [-0.05, 0) is 24.7 Å². The Balaban J connectivity index is 1.82. The molecule has 8 heteroatoms. The molecule has 1 fully saturated rings. The summed E-state index contributed by atoms with van der Waals surface area (Å²) in [6, 6.07) is 0. The second-order valence-electron chi connectivity index (χ2n) is 5.90. The van der Waals surface area contributed by atoms with E-state index in [4.69, 9.17) is 4.74 Å². The van der Waals surface area contributed by atoms with Crippen molar-refractivity contribution in [2.24, 2.45) is 10.4 Å². The van der Waals surface area contributed by atoms with Crippen molar-refractivity contribution in [2.75, 3.05) is 27.3 Å². The third-order valence-corrected chi connectivity index (χ3v) is 4.48. The highest BCUT2D eigenvalue weighted by molar-refractivity contribution is 5.79. The SMILES string of the molecule is CN=C(NCc1nccn1C(F)F)NCC1(CCOC)CCC1. The lowest BCUT2D eigenvalue weighted by Gasteiger charge is -2.42. The molecule has 0 bridgehead atoms. The third-order valence-electron chi connectivity index (χ3n) is 4.48. The van der Waals surface area contributed by atoms with E-state index in [1.807, 2.05) is 0 Å². The van der Waals surface area contributed by atoms with Crippen LogP contribution in [0.2, 0.25) is 0 Å². The highest BCUT2D eigenvalue weighted by Crippen LogP contribution is 2.43. The molecule has 0 atom stereocenters. The first kappa shape index (κ1) is 17.7. The highest BCUT2D eigenvalue weighted by atomic mass is 19.3. The van der Waals surface area contributed by atoms with Crippen LogP contribution in [-0.4, -0.2) is 42.8 Å². The lowest BCUT2D eigenvalue weighted by Crippen LogP contribution is -2.46. The maximum absolute atomic E-state index is 12.8. The molecule has 0 radical (unpaired) electrons. The summed E-state index contributed by atoms with van der Waals surface area (Å²) in [6.45, 7) is -0.836. The molecule has 2 N–H and O–H groups in total. The Bertz CT molecular complexity index is 514. The van der Waals surface area contributed by atoms with Crippen molar-refractivity contribution in [3.63, 3.8) is 0 Å². The first-order valence-corrected chi connectivity index (χ1v) is 7.83. The molecule has 1 saturated carbocycles. The molecule has 23 heavy (non-hydrogen) atoms. The van der Waals surface area contributed by atoms with Gasteiger partial charge in [-0.1, -0.05) is 6.42 Å². The van der Waals surface area contributed by atoms with Crippen LogP contribution in [0.3, 0.4) is 0 Å². The second kappa shape index (κ2) is 8.24. The monoisotopic (exact) mass is 329 g/mol. The molecule has 0 aliphatic heterocycles. The summed E-state index contributed by atoms with van der Waals surface area (Å²) in [5, 5.41) is 6.33. The molecule has 1 aliphatic rings. The van der Waals surface area contributed by atoms with E-state index in [2.05, 4.69) is 20.6 Å². The first-order valence-electron chi connectivity index (χ1n) is 7.83. The molecule has 130 valence electrons. The van der Waals surface area contributed by atoms with E-state index >= 15 is 0 Å². The van der Waals surface area contributed by atoms with E-state index in [0.29, 0.717) is 5.96 Å². The van der Waals surface area contributed by atoms with Gasteiger partial charge in [0.25, 0.3) is 0 Å². The number of halogens is 2. The lowest BCUT2D eigenvalue weighted by molar-refractivity contribution is 0.0668. The van der Waals surface area contributed by atoms with Crippen molar-refractivity contribution in [3.05, 3.63) is 18.2 Å². The molecule has 6 nitrogen and oxygen atoms in total. The summed E-state index contributed by atoms with van der Waals surface area (Å²) in [4.78, 5) is 8.08. The van der Waals surface area contributed by atoms with Crippen molar-refractivity contribution >= 4 is 5.96 Å². The number of ether oxygens (including phenoxy) is 1. The van der Waals surface area contributed by atoms with E-state index in [9.17, 15) is 8.78 Å². The van der Waals surface area contributed by atoms with Crippen LogP contribution in [0.1, 0.15) is 38.1 Å². The van der Waals surface area contributed by atoms with Crippen LogP contribution in [0.25, 0.3) is 0 Å². The first-order chi connectivity index (χ1) is 11.1. The molecule has 2 rings (SSSR count). The number of rotatable bonds is 8. The largest absolute Gasteiger partial charge is 0.385 e. The van der Waals surface area contributed by atoms with Crippen LogP contribution in [0.5, 0.6) is 0 Å². The fourth-order valence-corrected chi connectivity index (χ4v) is 2.82. The average Bonchev–Trinajstić information content (AvgIpc) is 2.97. The molecule has 1 aromatic heterocycles. The highest BCUT2D eigenvalue weighted by Gasteiger charge is 2.36. The minimum Gasteiger partial charge on any atom is -0.385 e. The van der Waals surface area contributed by atoms with Gasteiger partial charge in [0.15, 0.2) is 5.96 Å². The number of aliphatic imine (C=N–C) groups is 1. The van der Waals surface area contributed by atoms with Crippen LogP contribution in [0, 0.1) is 5.41 Å². The maximum Gasteiger partial charge on any atom is 0.319 e. The number of alkyl halides is 2. The molecule has 0 aromatic carbocycles. The fourth-order valence-electron chi connectivity index (χ4n) is 2.82. The van der Waals surface area contributed by atoms with Crippen LogP contribution in [0.4, 0.5) is 8.78 Å². The van der Waals surface area contributed by atoms with E-state index in [0.717, 1.165) is 24.1 Å². The molecule has 1 aromatic rings. The summed E-state index contributed by atoms with van der Waals surface area (Å²) < 4.78 is 31.6. The van der Waals surface area contributed by atoms with Crippen molar-refractivity contribution in [1.29, 1.82) is 0 Å². The molecule has 0 saturated heterocycles. The molecule has 1 aliphatic carbocycles. The number of guanidine groups is 1. The fraction of sp³-hybridized carbons (Fsp3) is 0.733. The Morgan fingerprint density at radius 1 is 1.48 bits per heavy atom. The van der Waals surface area contributed by atoms with Gasteiger partial charge in [-0.25, -0.2) is 4.98 Å². The Morgan fingerprint density at radius 3 is 2.83 bits per heavy atom. The predicted octanol–water partition coefficient (Wildman–Crippen LogP) is 2.15. The van der Waals surface area contributed by atoms with Crippen LogP contribution in [-0.2, 0) is 11.3 Å². The zero-order valence-corrected chi connectivity index (χ0v) is 13.7. The number of nitrogens with one attached hydrogen (secondary N) is 2. The average molecular weight is 329 g/mol. The Kier molecular flexibility index (Phi) is 6.32. The topological polar surface area (TPSA) is 63.5 Å². The Hall–Kier alpha value is -1.70. The van der Waals surface area contributed by atoms with E-state index in [1.54, 1.807) is 14.2 Å². The second-order valence-corrected chi connectivity index (χ2v) is 5.90. The molecule has 0 unspecified atom stereocenters. The Morgan fingerprint density at radius 2 is 2.26 bits per heavy atom. The minimum absolute atomic E-state index is 0.197. The number of aromatic nitrogens is 2. The normalized spacial score (nSPS) is 17.2. The van der Waals surface area contributed by atoms with Gasteiger partial charge >= 0.3 is 6.55 Å². The van der Waals surface area contributed by atoms with Crippen molar-refractivity contribution in [2.45, 2.75) is 38.8 Å². The standard InChI is InChI=1S/C15H25F2N5O/c1-18-14(20-10-12-19-7-8-22(12)13(16)17)21-11-15(4-3-5-15)6-9-23-2/h7-8,13H,3-6,9-11H2,1-2H3,(H2,18,20,21). The van der Waals surface area contributed by atoms with Crippen molar-refractivity contribution in [3.8, 4) is 0 Å². The molecular weight excluding hydrogens is 304 g/mol. The quantitative estimate of drug-likeness (QED) is 0.567. The number of hydrogen-bond donors (Lipinski definition) is 2. The number of imidazole rings is 1. The van der Waals surface area contributed by atoms with E-state index in [-0.39, 0.29) is 17.8 Å². The van der Waals surface area contributed by atoms with E-state index < -0.39 is 6.55 Å². The predicted molar refractivity (Wildman–Crippen MR) is 84.5 cm³/mol. The van der Waals surface area contributed by atoms with Gasteiger partial charge in [0.2, 0.25) is 0 Å². The third kappa shape index (κ3) is 4.63. The van der Waals surface area contributed by atoms with Gasteiger partial charge in [0.05, 0.1) is 6.54 Å². The summed E-state index contributed by atoms with van der Waals surface area (Å²) in [6.07, 6.45) is 7.25. The van der Waals surface area contributed by atoms with E-state index in [1.165, 1.54) is 31.7 Å². The van der Waals surface area contributed by atoms with Gasteiger partial charge in [0.1, 0.15) is 5.82 Å². The van der Waals surface area contributed by atoms with Crippen molar-refractivity contribution in [1.82, 2.24) is 20.2 Å². The summed E-state index contributed by atoms with van der Waals surface area (Å²) in [5.74, 6) is 0.873.